The van der Waals surface area contributed by atoms with Crippen LogP contribution in [0.2, 0.25) is 5.02 Å². The monoisotopic (exact) mass is 362 g/mol. The maximum atomic E-state index is 12.3. The van der Waals surface area contributed by atoms with Crippen molar-refractivity contribution < 1.29 is 9.53 Å². The van der Waals surface area contributed by atoms with Gasteiger partial charge in [0.25, 0.3) is 0 Å². The van der Waals surface area contributed by atoms with E-state index < -0.39 is 0 Å². The molecule has 2 aromatic rings. The summed E-state index contributed by atoms with van der Waals surface area (Å²) in [6, 6.07) is 7.55. The third-order valence-corrected chi connectivity index (χ3v) is 4.59. The highest BCUT2D eigenvalue weighted by Gasteiger charge is 2.14. The molecule has 0 radical (unpaired) electrons. The van der Waals surface area contributed by atoms with Crippen LogP contribution >= 0.6 is 11.6 Å². The molecule has 1 amide bonds. The molecule has 0 unspecified atom stereocenters. The minimum absolute atomic E-state index is 0.106. The number of anilines is 1. The number of benzene rings is 1. The number of amides is 1. The first kappa shape index (κ1) is 17.9. The third kappa shape index (κ3) is 4.81. The Hall–Kier alpha value is -1.89. The highest BCUT2D eigenvalue weighted by molar-refractivity contribution is 6.31. The minimum atomic E-state index is -0.106. The maximum absolute atomic E-state index is 12.3. The summed E-state index contributed by atoms with van der Waals surface area (Å²) in [6.07, 6.45) is 0. The lowest BCUT2D eigenvalue weighted by Crippen LogP contribution is -2.35. The van der Waals surface area contributed by atoms with Crippen LogP contribution in [0, 0.1) is 13.8 Å². The second-order valence-corrected chi connectivity index (χ2v) is 6.73. The van der Waals surface area contributed by atoms with E-state index in [9.17, 15) is 4.79 Å². The first-order valence-electron chi connectivity index (χ1n) is 8.41. The summed E-state index contributed by atoms with van der Waals surface area (Å²) >= 11 is 6.32. The Bertz CT molecular complexity index is 754. The number of carbonyl (C=O) groups excluding carboxylic acids is 1. The van der Waals surface area contributed by atoms with Crippen LogP contribution in [0.5, 0.6) is 0 Å². The molecule has 134 valence electrons. The number of aryl methyl sites for hydroxylation is 2. The van der Waals surface area contributed by atoms with E-state index in [0.717, 1.165) is 55.5 Å². The predicted octanol–water partition coefficient (Wildman–Crippen LogP) is 2.62. The van der Waals surface area contributed by atoms with Gasteiger partial charge in [-0.1, -0.05) is 11.6 Å². The molecule has 0 atom stereocenters. The van der Waals surface area contributed by atoms with Gasteiger partial charge in [-0.05, 0) is 43.7 Å². The largest absolute Gasteiger partial charge is 0.379 e. The highest BCUT2D eigenvalue weighted by atomic mass is 35.5. The Kier molecular flexibility index (Phi) is 5.73. The van der Waals surface area contributed by atoms with Crippen molar-refractivity contribution in [2.24, 2.45) is 0 Å². The van der Waals surface area contributed by atoms with Crippen LogP contribution in [-0.4, -0.2) is 46.9 Å². The topological polar surface area (TPSA) is 59.4 Å². The molecule has 2 heterocycles. The van der Waals surface area contributed by atoms with Crippen molar-refractivity contribution in [2.75, 3.05) is 31.6 Å². The molecule has 1 N–H and O–H groups in total. The molecule has 1 aromatic heterocycles. The van der Waals surface area contributed by atoms with E-state index in [1.165, 1.54) is 0 Å². The molecule has 0 aliphatic carbocycles. The van der Waals surface area contributed by atoms with Gasteiger partial charge in [-0.15, -0.1) is 0 Å². The third-order valence-electron chi connectivity index (χ3n) is 4.22. The molecule has 1 fully saturated rings. The summed E-state index contributed by atoms with van der Waals surface area (Å²) < 4.78 is 7.08. The van der Waals surface area contributed by atoms with Crippen molar-refractivity contribution >= 4 is 23.2 Å². The van der Waals surface area contributed by atoms with Crippen LogP contribution in [0.4, 0.5) is 5.69 Å². The lowest BCUT2D eigenvalue weighted by molar-refractivity contribution is -0.116. The number of ether oxygens (including phenoxy) is 1. The van der Waals surface area contributed by atoms with E-state index in [1.807, 2.05) is 38.1 Å². The summed E-state index contributed by atoms with van der Waals surface area (Å²) in [5.74, 6) is -0.106. The SMILES string of the molecule is Cc1cc(C)n(CC(=O)Nc2ccc(Cl)c(CN3CCOCC3)c2)n1. The van der Waals surface area contributed by atoms with E-state index in [2.05, 4.69) is 15.3 Å². The molecular formula is C18H23ClN4O2. The van der Waals surface area contributed by atoms with Gasteiger partial charge in [-0.3, -0.25) is 14.4 Å². The average molecular weight is 363 g/mol. The van der Waals surface area contributed by atoms with Crippen LogP contribution in [0.25, 0.3) is 0 Å². The van der Waals surface area contributed by atoms with Gasteiger partial charge in [0.2, 0.25) is 5.91 Å². The van der Waals surface area contributed by atoms with E-state index in [0.29, 0.717) is 5.02 Å². The summed E-state index contributed by atoms with van der Waals surface area (Å²) in [5.41, 5.74) is 3.63. The molecule has 0 saturated carbocycles. The summed E-state index contributed by atoms with van der Waals surface area (Å²) in [7, 11) is 0. The molecular weight excluding hydrogens is 340 g/mol. The van der Waals surface area contributed by atoms with Crippen LogP contribution in [0.1, 0.15) is 17.0 Å². The second kappa shape index (κ2) is 7.99. The van der Waals surface area contributed by atoms with Gasteiger partial charge in [0, 0.05) is 36.0 Å². The Morgan fingerprint density at radius 2 is 2.04 bits per heavy atom. The van der Waals surface area contributed by atoms with Gasteiger partial charge in [0.05, 0.1) is 18.9 Å². The van der Waals surface area contributed by atoms with E-state index >= 15 is 0 Å². The Balaban J connectivity index is 1.64. The zero-order chi connectivity index (χ0) is 17.8. The van der Waals surface area contributed by atoms with Crippen LogP contribution in [-0.2, 0) is 22.6 Å². The fourth-order valence-corrected chi connectivity index (χ4v) is 3.12. The first-order chi connectivity index (χ1) is 12.0. The van der Waals surface area contributed by atoms with Gasteiger partial charge < -0.3 is 10.1 Å². The summed E-state index contributed by atoms with van der Waals surface area (Å²) in [5, 5.41) is 7.96. The van der Waals surface area contributed by atoms with Crippen LogP contribution in [0.3, 0.4) is 0 Å². The fourth-order valence-electron chi connectivity index (χ4n) is 2.95. The second-order valence-electron chi connectivity index (χ2n) is 6.33. The van der Waals surface area contributed by atoms with Gasteiger partial charge in [0.15, 0.2) is 0 Å². The van der Waals surface area contributed by atoms with Gasteiger partial charge >= 0.3 is 0 Å². The van der Waals surface area contributed by atoms with E-state index in [-0.39, 0.29) is 12.5 Å². The van der Waals surface area contributed by atoms with Crippen molar-refractivity contribution in [2.45, 2.75) is 26.9 Å². The van der Waals surface area contributed by atoms with Gasteiger partial charge in [-0.25, -0.2) is 0 Å². The van der Waals surface area contributed by atoms with Crippen molar-refractivity contribution in [3.8, 4) is 0 Å². The van der Waals surface area contributed by atoms with Crippen LogP contribution in [0.15, 0.2) is 24.3 Å². The molecule has 0 spiro atoms. The van der Waals surface area contributed by atoms with Gasteiger partial charge in [-0.2, -0.15) is 5.10 Å². The highest BCUT2D eigenvalue weighted by Crippen LogP contribution is 2.22. The Morgan fingerprint density at radius 1 is 1.28 bits per heavy atom. The lowest BCUT2D eigenvalue weighted by atomic mass is 10.1. The smallest absolute Gasteiger partial charge is 0.246 e. The minimum Gasteiger partial charge on any atom is -0.379 e. The molecule has 1 aliphatic heterocycles. The number of nitrogens with zero attached hydrogens (tertiary/aromatic N) is 3. The number of nitrogens with one attached hydrogen (secondary N) is 1. The zero-order valence-electron chi connectivity index (χ0n) is 14.6. The van der Waals surface area contributed by atoms with Crippen molar-refractivity contribution in [1.29, 1.82) is 0 Å². The molecule has 0 bridgehead atoms. The zero-order valence-corrected chi connectivity index (χ0v) is 15.3. The molecule has 3 rings (SSSR count). The number of rotatable bonds is 5. The molecule has 1 saturated heterocycles. The Labute approximate surface area is 152 Å². The van der Waals surface area contributed by atoms with Crippen LogP contribution < -0.4 is 5.32 Å². The van der Waals surface area contributed by atoms with E-state index in [1.54, 1.807) is 4.68 Å². The maximum Gasteiger partial charge on any atom is 0.246 e. The molecule has 7 heteroatoms. The number of carbonyl (C=O) groups is 1. The van der Waals surface area contributed by atoms with Crippen molar-refractivity contribution in [3.05, 3.63) is 46.2 Å². The Morgan fingerprint density at radius 3 is 2.72 bits per heavy atom. The predicted molar refractivity (Wildman–Crippen MR) is 97.9 cm³/mol. The number of aromatic nitrogens is 2. The number of hydrogen-bond donors (Lipinski definition) is 1. The quantitative estimate of drug-likeness (QED) is 0.888. The van der Waals surface area contributed by atoms with Gasteiger partial charge in [0.1, 0.15) is 6.54 Å². The summed E-state index contributed by atoms with van der Waals surface area (Å²) in [4.78, 5) is 14.6. The standard InChI is InChI=1S/C18H23ClN4O2/c1-13-9-14(2)23(21-13)12-18(24)20-16-3-4-17(19)15(10-16)11-22-5-7-25-8-6-22/h3-4,9-10H,5-8,11-12H2,1-2H3,(H,20,24). The molecule has 1 aliphatic rings. The lowest BCUT2D eigenvalue weighted by Gasteiger charge is -2.27. The number of hydrogen-bond acceptors (Lipinski definition) is 4. The molecule has 1 aromatic carbocycles. The molecule has 25 heavy (non-hydrogen) atoms. The first-order valence-corrected chi connectivity index (χ1v) is 8.78. The fraction of sp³-hybridized carbons (Fsp3) is 0.444. The van der Waals surface area contributed by atoms with E-state index in [4.69, 9.17) is 16.3 Å². The number of halogens is 1. The normalized spacial score (nSPS) is 15.3. The van der Waals surface area contributed by atoms with Crippen molar-refractivity contribution in [3.63, 3.8) is 0 Å². The summed E-state index contributed by atoms with van der Waals surface area (Å²) in [6.45, 7) is 8.09. The number of morpholine rings is 1. The average Bonchev–Trinajstić information content (AvgIpc) is 2.89. The van der Waals surface area contributed by atoms with Crippen molar-refractivity contribution in [1.82, 2.24) is 14.7 Å². The molecule has 6 nitrogen and oxygen atoms in total.